The Morgan fingerprint density at radius 3 is 2.48 bits per heavy atom. The van der Waals surface area contributed by atoms with Crippen LogP contribution in [0.1, 0.15) is 18.4 Å². The molecule has 1 aromatic rings. The SMILES string of the molecule is CNC(=O)C1CCN(CC(=O)NCCc2ccc(F)cc2)CC1. The van der Waals surface area contributed by atoms with Gasteiger partial charge in [-0.15, -0.1) is 0 Å². The summed E-state index contributed by atoms with van der Waals surface area (Å²) in [5.74, 6) is -0.102. The Hall–Kier alpha value is -1.95. The topological polar surface area (TPSA) is 61.4 Å². The van der Waals surface area contributed by atoms with Crippen LogP contribution in [0.5, 0.6) is 0 Å². The van der Waals surface area contributed by atoms with Crippen LogP contribution >= 0.6 is 0 Å². The van der Waals surface area contributed by atoms with Gasteiger partial charge in [0.2, 0.25) is 11.8 Å². The van der Waals surface area contributed by atoms with Crippen molar-refractivity contribution in [3.05, 3.63) is 35.6 Å². The van der Waals surface area contributed by atoms with Gasteiger partial charge in [0.05, 0.1) is 6.54 Å². The number of hydrogen-bond donors (Lipinski definition) is 2. The van der Waals surface area contributed by atoms with Crippen LogP contribution in [-0.4, -0.2) is 49.9 Å². The number of carbonyl (C=O) groups is 2. The number of likely N-dealkylation sites (tertiary alicyclic amines) is 1. The summed E-state index contributed by atoms with van der Waals surface area (Å²) in [5.41, 5.74) is 0.998. The molecule has 6 heteroatoms. The zero-order valence-electron chi connectivity index (χ0n) is 13.5. The molecule has 5 nitrogen and oxygen atoms in total. The van der Waals surface area contributed by atoms with Gasteiger partial charge >= 0.3 is 0 Å². The number of nitrogens with zero attached hydrogens (tertiary/aromatic N) is 1. The summed E-state index contributed by atoms with van der Waals surface area (Å²) in [6.45, 7) is 2.44. The maximum Gasteiger partial charge on any atom is 0.234 e. The van der Waals surface area contributed by atoms with E-state index in [4.69, 9.17) is 0 Å². The minimum atomic E-state index is -0.252. The van der Waals surface area contributed by atoms with Crippen molar-refractivity contribution < 1.29 is 14.0 Å². The lowest BCUT2D eigenvalue weighted by Gasteiger charge is -2.30. The molecule has 0 aromatic heterocycles. The lowest BCUT2D eigenvalue weighted by atomic mass is 9.96. The predicted molar refractivity (Wildman–Crippen MR) is 86.3 cm³/mol. The summed E-state index contributed by atoms with van der Waals surface area (Å²) in [6, 6.07) is 6.30. The van der Waals surface area contributed by atoms with Gasteiger partial charge in [0, 0.05) is 19.5 Å². The third-order valence-corrected chi connectivity index (χ3v) is 4.22. The zero-order chi connectivity index (χ0) is 16.7. The highest BCUT2D eigenvalue weighted by molar-refractivity contribution is 5.79. The van der Waals surface area contributed by atoms with Crippen LogP contribution in [0.2, 0.25) is 0 Å². The summed E-state index contributed by atoms with van der Waals surface area (Å²) >= 11 is 0. The lowest BCUT2D eigenvalue weighted by molar-refractivity contribution is -0.126. The number of amides is 2. The quantitative estimate of drug-likeness (QED) is 0.820. The molecule has 2 rings (SSSR count). The molecule has 0 saturated carbocycles. The lowest BCUT2D eigenvalue weighted by Crippen LogP contribution is -2.44. The highest BCUT2D eigenvalue weighted by Gasteiger charge is 2.24. The maximum atomic E-state index is 12.8. The average Bonchev–Trinajstić information content (AvgIpc) is 2.56. The van der Waals surface area contributed by atoms with E-state index in [1.165, 1.54) is 12.1 Å². The predicted octanol–water partition coefficient (Wildman–Crippen LogP) is 0.942. The molecule has 1 fully saturated rings. The number of carbonyl (C=O) groups excluding carboxylic acids is 2. The van der Waals surface area contributed by atoms with Crippen molar-refractivity contribution in [3.63, 3.8) is 0 Å². The first-order valence-corrected chi connectivity index (χ1v) is 8.03. The van der Waals surface area contributed by atoms with Crippen LogP contribution in [0, 0.1) is 11.7 Å². The van der Waals surface area contributed by atoms with Crippen molar-refractivity contribution in [2.45, 2.75) is 19.3 Å². The number of rotatable bonds is 6. The molecule has 1 saturated heterocycles. The van der Waals surface area contributed by atoms with Gasteiger partial charge in [-0.1, -0.05) is 12.1 Å². The minimum absolute atomic E-state index is 0.00879. The number of hydrogen-bond acceptors (Lipinski definition) is 3. The summed E-state index contributed by atoms with van der Waals surface area (Å²) in [5, 5.41) is 5.56. The van der Waals surface area contributed by atoms with Crippen molar-refractivity contribution in [1.29, 1.82) is 0 Å². The Morgan fingerprint density at radius 2 is 1.87 bits per heavy atom. The standard InChI is InChI=1S/C17H24FN3O2/c1-19-17(23)14-7-10-21(11-8-14)12-16(22)20-9-6-13-2-4-15(18)5-3-13/h2-5,14H,6-12H2,1H3,(H,19,23)(H,20,22). The normalized spacial score (nSPS) is 16.1. The van der Waals surface area contributed by atoms with E-state index in [9.17, 15) is 14.0 Å². The molecule has 0 unspecified atom stereocenters. The van der Waals surface area contributed by atoms with E-state index in [-0.39, 0.29) is 23.5 Å². The molecule has 0 spiro atoms. The van der Waals surface area contributed by atoms with E-state index >= 15 is 0 Å². The van der Waals surface area contributed by atoms with Crippen molar-refractivity contribution in [2.75, 3.05) is 33.2 Å². The Morgan fingerprint density at radius 1 is 1.22 bits per heavy atom. The van der Waals surface area contributed by atoms with Crippen molar-refractivity contribution in [2.24, 2.45) is 5.92 Å². The molecule has 0 atom stereocenters. The molecule has 1 heterocycles. The first-order valence-electron chi connectivity index (χ1n) is 8.03. The first-order chi connectivity index (χ1) is 11.1. The highest BCUT2D eigenvalue weighted by Crippen LogP contribution is 2.16. The van der Waals surface area contributed by atoms with Crippen LogP contribution in [-0.2, 0) is 16.0 Å². The Kier molecular flexibility index (Phi) is 6.52. The molecular weight excluding hydrogens is 297 g/mol. The van der Waals surface area contributed by atoms with E-state index in [2.05, 4.69) is 15.5 Å². The average molecular weight is 321 g/mol. The fourth-order valence-electron chi connectivity index (χ4n) is 2.81. The van der Waals surface area contributed by atoms with Gasteiger partial charge in [0.1, 0.15) is 5.82 Å². The molecular formula is C17H24FN3O2. The largest absolute Gasteiger partial charge is 0.359 e. The number of benzene rings is 1. The summed E-state index contributed by atoms with van der Waals surface area (Å²) in [6.07, 6.45) is 2.27. The van der Waals surface area contributed by atoms with Gasteiger partial charge in [-0.2, -0.15) is 0 Å². The van der Waals surface area contributed by atoms with Gasteiger partial charge in [-0.25, -0.2) is 4.39 Å². The Bertz CT molecular complexity index is 525. The van der Waals surface area contributed by atoms with Gasteiger partial charge < -0.3 is 10.6 Å². The van der Waals surface area contributed by atoms with Crippen molar-refractivity contribution >= 4 is 11.8 Å². The van der Waals surface area contributed by atoms with Crippen LogP contribution in [0.15, 0.2) is 24.3 Å². The summed E-state index contributed by atoms with van der Waals surface area (Å²) < 4.78 is 12.8. The van der Waals surface area contributed by atoms with Gasteiger partial charge in [0.25, 0.3) is 0 Å². The van der Waals surface area contributed by atoms with Crippen molar-refractivity contribution in [1.82, 2.24) is 15.5 Å². The smallest absolute Gasteiger partial charge is 0.234 e. The van der Waals surface area contributed by atoms with E-state index < -0.39 is 0 Å². The van der Waals surface area contributed by atoms with Gasteiger partial charge in [-0.3, -0.25) is 14.5 Å². The fourth-order valence-corrected chi connectivity index (χ4v) is 2.81. The Balaban J connectivity index is 1.64. The number of piperidine rings is 1. The van der Waals surface area contributed by atoms with E-state index in [1.54, 1.807) is 19.2 Å². The fraction of sp³-hybridized carbons (Fsp3) is 0.529. The molecule has 0 aliphatic carbocycles. The van der Waals surface area contributed by atoms with Gasteiger partial charge in [0.15, 0.2) is 0 Å². The molecule has 126 valence electrons. The molecule has 2 N–H and O–H groups in total. The van der Waals surface area contributed by atoms with Crippen LogP contribution < -0.4 is 10.6 Å². The second-order valence-electron chi connectivity index (χ2n) is 5.89. The van der Waals surface area contributed by atoms with E-state index in [0.29, 0.717) is 19.5 Å². The molecule has 0 bridgehead atoms. The second-order valence-corrected chi connectivity index (χ2v) is 5.89. The second kappa shape index (κ2) is 8.62. The first kappa shape index (κ1) is 17.4. The zero-order valence-corrected chi connectivity index (χ0v) is 13.5. The minimum Gasteiger partial charge on any atom is -0.359 e. The Labute approximate surface area is 136 Å². The van der Waals surface area contributed by atoms with Crippen molar-refractivity contribution in [3.8, 4) is 0 Å². The van der Waals surface area contributed by atoms with Crippen LogP contribution in [0.4, 0.5) is 4.39 Å². The maximum absolute atomic E-state index is 12.8. The molecule has 2 amide bonds. The number of halogens is 1. The molecule has 1 aromatic carbocycles. The number of nitrogens with one attached hydrogen (secondary N) is 2. The third-order valence-electron chi connectivity index (χ3n) is 4.22. The molecule has 23 heavy (non-hydrogen) atoms. The third kappa shape index (κ3) is 5.63. The van der Waals surface area contributed by atoms with E-state index in [1.807, 2.05) is 0 Å². The summed E-state index contributed by atoms with van der Waals surface area (Å²) in [4.78, 5) is 25.6. The summed E-state index contributed by atoms with van der Waals surface area (Å²) in [7, 11) is 1.66. The van der Waals surface area contributed by atoms with E-state index in [0.717, 1.165) is 31.5 Å². The van der Waals surface area contributed by atoms with Crippen LogP contribution in [0.3, 0.4) is 0 Å². The molecule has 1 aliphatic heterocycles. The monoisotopic (exact) mass is 321 g/mol. The highest BCUT2D eigenvalue weighted by atomic mass is 19.1. The van der Waals surface area contributed by atoms with Crippen LogP contribution in [0.25, 0.3) is 0 Å². The molecule has 0 radical (unpaired) electrons. The van der Waals surface area contributed by atoms with Gasteiger partial charge in [-0.05, 0) is 50.0 Å². The molecule has 1 aliphatic rings.